The molecule has 0 spiro atoms. The van der Waals surface area contributed by atoms with Gasteiger partial charge in [-0.15, -0.1) is 0 Å². The quantitative estimate of drug-likeness (QED) is 0.722. The minimum Gasteiger partial charge on any atom is -0.459 e. The van der Waals surface area contributed by atoms with E-state index < -0.39 is 35.2 Å². The number of nitrogens with one attached hydrogen (secondary N) is 1. The van der Waals surface area contributed by atoms with Crippen molar-refractivity contribution < 1.29 is 19.4 Å². The van der Waals surface area contributed by atoms with Crippen LogP contribution in [0.15, 0.2) is 33.7 Å². The summed E-state index contributed by atoms with van der Waals surface area (Å²) in [4.78, 5) is 36.6. The molecule has 0 saturated heterocycles. The van der Waals surface area contributed by atoms with E-state index in [9.17, 15) is 19.5 Å². The molecule has 114 valence electrons. The summed E-state index contributed by atoms with van der Waals surface area (Å²) in [6.45, 7) is 5.09. The summed E-state index contributed by atoms with van der Waals surface area (Å²) in [7, 11) is 0. The van der Waals surface area contributed by atoms with Gasteiger partial charge in [-0.3, -0.25) is 14.3 Å². The molecule has 1 aliphatic heterocycles. The van der Waals surface area contributed by atoms with Gasteiger partial charge < -0.3 is 14.6 Å². The van der Waals surface area contributed by atoms with Crippen molar-refractivity contribution in [3.63, 3.8) is 0 Å². The molecule has 1 aromatic rings. The number of aromatic nitrogens is 2. The van der Waals surface area contributed by atoms with Crippen molar-refractivity contribution in [1.29, 1.82) is 0 Å². The van der Waals surface area contributed by atoms with Crippen molar-refractivity contribution in [1.82, 2.24) is 9.55 Å². The van der Waals surface area contributed by atoms with Crippen molar-refractivity contribution >= 4 is 5.97 Å². The fourth-order valence-electron chi connectivity index (χ4n) is 1.77. The average molecular weight is 296 g/mol. The number of aromatic amines is 1. The van der Waals surface area contributed by atoms with E-state index in [-0.39, 0.29) is 5.76 Å². The summed E-state index contributed by atoms with van der Waals surface area (Å²) in [5, 5.41) is 9.89. The number of nitrogens with zero attached hydrogens (tertiary/aromatic N) is 1. The molecule has 0 bridgehead atoms. The Bertz CT molecular complexity index is 694. The molecule has 21 heavy (non-hydrogen) atoms. The number of carbonyl (C=O) groups excluding carboxylic acids is 1. The van der Waals surface area contributed by atoms with Gasteiger partial charge in [-0.05, 0) is 26.8 Å². The Morgan fingerprint density at radius 1 is 1.43 bits per heavy atom. The SMILES string of the molecule is CC(C)(C)OC(=O)C1=C[C@@H](O)[C@H](n2ccc(=O)[nH]c2=O)O1. The topological polar surface area (TPSA) is 111 Å². The maximum absolute atomic E-state index is 11.9. The standard InChI is InChI=1S/C13H16N2O6/c1-13(2,3)21-11(18)8-6-7(16)10(20-8)15-5-4-9(17)14-12(15)19/h4-7,10,16H,1-3H3,(H,14,17,19)/t7-,10-/m1/s1. The Kier molecular flexibility index (Phi) is 3.73. The lowest BCUT2D eigenvalue weighted by molar-refractivity contribution is -0.155. The van der Waals surface area contributed by atoms with Gasteiger partial charge in [0.15, 0.2) is 0 Å². The second kappa shape index (κ2) is 5.21. The molecule has 0 amide bonds. The van der Waals surface area contributed by atoms with Crippen LogP contribution in [0, 0.1) is 0 Å². The molecule has 0 unspecified atom stereocenters. The normalized spacial score (nSPS) is 21.6. The number of aliphatic hydroxyl groups is 1. The molecule has 0 radical (unpaired) electrons. The molecule has 1 aliphatic rings. The fraction of sp³-hybridized carbons (Fsp3) is 0.462. The van der Waals surface area contributed by atoms with E-state index >= 15 is 0 Å². The highest BCUT2D eigenvalue weighted by molar-refractivity contribution is 5.87. The lowest BCUT2D eigenvalue weighted by Gasteiger charge is -2.21. The second-order valence-corrected chi connectivity index (χ2v) is 5.55. The zero-order valence-corrected chi connectivity index (χ0v) is 11.8. The van der Waals surface area contributed by atoms with Crippen LogP contribution in [0.5, 0.6) is 0 Å². The van der Waals surface area contributed by atoms with Gasteiger partial charge in [-0.1, -0.05) is 0 Å². The molecule has 2 atom stereocenters. The van der Waals surface area contributed by atoms with Gasteiger partial charge in [0.1, 0.15) is 11.7 Å². The Balaban J connectivity index is 2.20. The highest BCUT2D eigenvalue weighted by Gasteiger charge is 2.35. The van der Waals surface area contributed by atoms with E-state index in [1.807, 2.05) is 4.98 Å². The van der Waals surface area contributed by atoms with Crippen LogP contribution >= 0.6 is 0 Å². The fourth-order valence-corrected chi connectivity index (χ4v) is 1.77. The summed E-state index contributed by atoms with van der Waals surface area (Å²) in [6.07, 6.45) is 0.00463. The maximum Gasteiger partial charge on any atom is 0.373 e. The molecule has 2 rings (SSSR count). The van der Waals surface area contributed by atoms with Gasteiger partial charge >= 0.3 is 11.7 Å². The van der Waals surface area contributed by atoms with Crippen LogP contribution in [0.2, 0.25) is 0 Å². The van der Waals surface area contributed by atoms with Crippen molar-refractivity contribution in [2.75, 3.05) is 0 Å². The number of H-pyrrole nitrogens is 1. The van der Waals surface area contributed by atoms with Gasteiger partial charge in [0, 0.05) is 12.3 Å². The van der Waals surface area contributed by atoms with E-state index in [0.29, 0.717) is 0 Å². The van der Waals surface area contributed by atoms with E-state index in [2.05, 4.69) is 0 Å². The van der Waals surface area contributed by atoms with Crippen molar-refractivity contribution in [2.45, 2.75) is 38.7 Å². The summed E-state index contributed by atoms with van der Waals surface area (Å²) < 4.78 is 11.4. The first-order valence-electron chi connectivity index (χ1n) is 6.29. The lowest BCUT2D eigenvalue weighted by atomic mass is 10.2. The van der Waals surface area contributed by atoms with Crippen molar-refractivity contribution in [2.24, 2.45) is 0 Å². The molecule has 0 aliphatic carbocycles. The third-order valence-corrected chi connectivity index (χ3v) is 2.59. The molecule has 0 saturated carbocycles. The van der Waals surface area contributed by atoms with Crippen LogP contribution < -0.4 is 11.2 Å². The third-order valence-electron chi connectivity index (χ3n) is 2.59. The van der Waals surface area contributed by atoms with Crippen LogP contribution in [0.25, 0.3) is 0 Å². The Morgan fingerprint density at radius 3 is 2.67 bits per heavy atom. The predicted octanol–water partition coefficient (Wildman–Crippen LogP) is -0.348. The maximum atomic E-state index is 11.9. The van der Waals surface area contributed by atoms with E-state index in [1.165, 1.54) is 6.20 Å². The number of hydrogen-bond donors (Lipinski definition) is 2. The minimum absolute atomic E-state index is 0.180. The van der Waals surface area contributed by atoms with Gasteiger partial charge in [0.25, 0.3) is 5.56 Å². The first-order chi connectivity index (χ1) is 9.67. The molecular formula is C13H16N2O6. The molecule has 0 fully saturated rings. The van der Waals surface area contributed by atoms with Crippen molar-refractivity contribution in [3.8, 4) is 0 Å². The van der Waals surface area contributed by atoms with Crippen LogP contribution in [0.4, 0.5) is 0 Å². The Labute approximate surface area is 119 Å². The molecule has 0 aromatic carbocycles. The monoisotopic (exact) mass is 296 g/mol. The Hall–Kier alpha value is -2.35. The van der Waals surface area contributed by atoms with Gasteiger partial charge in [-0.25, -0.2) is 9.59 Å². The number of aliphatic hydroxyl groups excluding tert-OH is 1. The van der Waals surface area contributed by atoms with E-state index in [0.717, 1.165) is 16.7 Å². The van der Waals surface area contributed by atoms with Crippen LogP contribution in [0.3, 0.4) is 0 Å². The van der Waals surface area contributed by atoms with Crippen LogP contribution in [0.1, 0.15) is 27.0 Å². The number of rotatable bonds is 2. The first-order valence-corrected chi connectivity index (χ1v) is 6.29. The zero-order chi connectivity index (χ0) is 15.8. The molecule has 1 aromatic heterocycles. The summed E-state index contributed by atoms with van der Waals surface area (Å²) in [6, 6.07) is 1.11. The summed E-state index contributed by atoms with van der Waals surface area (Å²) in [5.74, 6) is -0.915. The van der Waals surface area contributed by atoms with Gasteiger partial charge in [0.2, 0.25) is 12.0 Å². The predicted molar refractivity (Wildman–Crippen MR) is 71.4 cm³/mol. The smallest absolute Gasteiger partial charge is 0.373 e. The number of carbonyl (C=O) groups is 1. The minimum atomic E-state index is -1.21. The number of ether oxygens (including phenoxy) is 2. The largest absolute Gasteiger partial charge is 0.459 e. The van der Waals surface area contributed by atoms with Crippen LogP contribution in [-0.2, 0) is 14.3 Å². The van der Waals surface area contributed by atoms with Gasteiger partial charge in [0.05, 0.1) is 0 Å². The molecular weight excluding hydrogens is 280 g/mol. The van der Waals surface area contributed by atoms with Crippen molar-refractivity contribution in [3.05, 3.63) is 44.9 Å². The molecule has 8 heteroatoms. The molecule has 8 nitrogen and oxygen atoms in total. The summed E-state index contributed by atoms with van der Waals surface area (Å²) in [5.41, 5.74) is -2.02. The Morgan fingerprint density at radius 2 is 2.10 bits per heavy atom. The highest BCUT2D eigenvalue weighted by atomic mass is 16.6. The van der Waals surface area contributed by atoms with E-state index in [4.69, 9.17) is 9.47 Å². The average Bonchev–Trinajstić information content (AvgIpc) is 2.69. The molecule has 2 N–H and O–H groups in total. The highest BCUT2D eigenvalue weighted by Crippen LogP contribution is 2.27. The number of esters is 1. The lowest BCUT2D eigenvalue weighted by Crippen LogP contribution is -2.35. The number of hydrogen-bond acceptors (Lipinski definition) is 6. The third kappa shape index (κ3) is 3.40. The molecule has 2 heterocycles. The summed E-state index contributed by atoms with van der Waals surface area (Å²) >= 11 is 0. The zero-order valence-electron chi connectivity index (χ0n) is 11.8. The van der Waals surface area contributed by atoms with Crippen LogP contribution in [-0.4, -0.2) is 32.3 Å². The van der Waals surface area contributed by atoms with Gasteiger partial charge in [-0.2, -0.15) is 0 Å². The first kappa shape index (κ1) is 15.0. The second-order valence-electron chi connectivity index (χ2n) is 5.55. The van der Waals surface area contributed by atoms with E-state index in [1.54, 1.807) is 20.8 Å².